The molecule has 2 heteroatoms. The van der Waals surface area contributed by atoms with E-state index in [-0.39, 0.29) is 0 Å². The highest BCUT2D eigenvalue weighted by Crippen LogP contribution is 2.21. The number of hydrogen-bond acceptors (Lipinski definition) is 2. The van der Waals surface area contributed by atoms with Crippen molar-refractivity contribution < 1.29 is 4.84 Å². The lowest BCUT2D eigenvalue weighted by atomic mass is 9.98. The third-order valence-electron chi connectivity index (χ3n) is 3.99. The number of nitrogens with zero attached hydrogens (tertiary/aromatic N) is 1. The lowest BCUT2D eigenvalue weighted by molar-refractivity contribution is 0.141. The third-order valence-corrected chi connectivity index (χ3v) is 3.99. The molecule has 0 bridgehead atoms. The van der Waals surface area contributed by atoms with E-state index in [0.717, 1.165) is 19.4 Å². The van der Waals surface area contributed by atoms with Crippen LogP contribution in [0, 0.1) is 0 Å². The lowest BCUT2D eigenvalue weighted by Crippen LogP contribution is -2.04. The van der Waals surface area contributed by atoms with Crippen molar-refractivity contribution in [3.05, 3.63) is 11.6 Å². The molecule has 0 radical (unpaired) electrons. The van der Waals surface area contributed by atoms with Gasteiger partial charge >= 0.3 is 0 Å². The fraction of sp³-hybridized carbons (Fsp3) is 0.812. The molecule has 0 fully saturated rings. The first kappa shape index (κ1) is 13.6. The molecule has 0 aromatic heterocycles. The number of allylic oxidation sites excluding steroid dienone is 2. The molecule has 0 saturated carbocycles. The van der Waals surface area contributed by atoms with Gasteiger partial charge in [0.25, 0.3) is 0 Å². The van der Waals surface area contributed by atoms with Crippen LogP contribution in [-0.4, -0.2) is 12.3 Å². The molecule has 2 rings (SSSR count). The quantitative estimate of drug-likeness (QED) is 0.641. The molecule has 102 valence electrons. The standard InChI is InChI=1S/C16H27NO/c1-2-4-8-12-15(11-7-3-1)16-13-9-5-6-10-14-18-17-16/h11H,1-10,12-14H2/b15-11+,17-16-. The Hall–Kier alpha value is -0.790. The maximum atomic E-state index is 5.47. The molecular formula is C16H27NO. The average Bonchev–Trinajstić information content (AvgIpc) is 2.61. The van der Waals surface area contributed by atoms with Crippen LogP contribution in [0.15, 0.2) is 16.8 Å². The molecule has 0 aromatic rings. The molecule has 2 nitrogen and oxygen atoms in total. The summed E-state index contributed by atoms with van der Waals surface area (Å²) in [6, 6.07) is 0. The van der Waals surface area contributed by atoms with Gasteiger partial charge in [-0.05, 0) is 56.9 Å². The zero-order chi connectivity index (χ0) is 12.5. The summed E-state index contributed by atoms with van der Waals surface area (Å²) in [6.45, 7) is 0.802. The maximum absolute atomic E-state index is 5.47. The number of oxime groups is 1. The summed E-state index contributed by atoms with van der Waals surface area (Å²) in [6.07, 6.45) is 17.9. The first-order chi connectivity index (χ1) is 8.97. The Kier molecular flexibility index (Phi) is 6.32. The van der Waals surface area contributed by atoms with Crippen molar-refractivity contribution in [1.29, 1.82) is 0 Å². The van der Waals surface area contributed by atoms with Gasteiger partial charge < -0.3 is 4.84 Å². The van der Waals surface area contributed by atoms with Gasteiger partial charge in [-0.25, -0.2) is 0 Å². The minimum Gasteiger partial charge on any atom is -0.396 e. The van der Waals surface area contributed by atoms with E-state index in [1.807, 2.05) is 0 Å². The van der Waals surface area contributed by atoms with Crippen LogP contribution in [0.4, 0.5) is 0 Å². The highest BCUT2D eigenvalue weighted by molar-refractivity contribution is 5.99. The van der Waals surface area contributed by atoms with Gasteiger partial charge in [0.05, 0.1) is 5.71 Å². The second kappa shape index (κ2) is 8.34. The van der Waals surface area contributed by atoms with Gasteiger partial charge in [0.1, 0.15) is 6.61 Å². The van der Waals surface area contributed by atoms with Crippen molar-refractivity contribution in [3.8, 4) is 0 Å². The highest BCUT2D eigenvalue weighted by Gasteiger charge is 2.10. The summed E-state index contributed by atoms with van der Waals surface area (Å²) in [7, 11) is 0. The maximum Gasteiger partial charge on any atom is 0.117 e. The van der Waals surface area contributed by atoms with Crippen molar-refractivity contribution in [2.75, 3.05) is 6.61 Å². The minimum atomic E-state index is 0.802. The second-order valence-electron chi connectivity index (χ2n) is 5.57. The van der Waals surface area contributed by atoms with E-state index in [1.165, 1.54) is 75.5 Å². The van der Waals surface area contributed by atoms with E-state index >= 15 is 0 Å². The van der Waals surface area contributed by atoms with Crippen LogP contribution in [0.1, 0.15) is 77.0 Å². The Morgan fingerprint density at radius 3 is 2.44 bits per heavy atom. The monoisotopic (exact) mass is 249 g/mol. The van der Waals surface area contributed by atoms with Crippen LogP contribution >= 0.6 is 0 Å². The van der Waals surface area contributed by atoms with Gasteiger partial charge in [0, 0.05) is 0 Å². The largest absolute Gasteiger partial charge is 0.396 e. The fourth-order valence-corrected chi connectivity index (χ4v) is 2.83. The molecule has 1 aliphatic carbocycles. The van der Waals surface area contributed by atoms with Crippen molar-refractivity contribution in [2.24, 2.45) is 5.16 Å². The number of rotatable bonds is 1. The van der Waals surface area contributed by atoms with Crippen molar-refractivity contribution in [1.82, 2.24) is 0 Å². The van der Waals surface area contributed by atoms with Crippen LogP contribution in [0.2, 0.25) is 0 Å². The Labute approximate surface area is 111 Å². The molecule has 2 aliphatic rings. The van der Waals surface area contributed by atoms with Crippen molar-refractivity contribution in [3.63, 3.8) is 0 Å². The van der Waals surface area contributed by atoms with Crippen molar-refractivity contribution in [2.45, 2.75) is 77.0 Å². The summed E-state index contributed by atoms with van der Waals surface area (Å²) in [5.41, 5.74) is 2.73. The normalized spacial score (nSPS) is 29.8. The molecule has 18 heavy (non-hydrogen) atoms. The molecule has 0 spiro atoms. The van der Waals surface area contributed by atoms with E-state index in [4.69, 9.17) is 4.84 Å². The van der Waals surface area contributed by atoms with E-state index in [9.17, 15) is 0 Å². The Morgan fingerprint density at radius 2 is 1.50 bits per heavy atom. The van der Waals surface area contributed by atoms with Gasteiger partial charge in [0.15, 0.2) is 0 Å². The molecule has 0 atom stereocenters. The SMILES string of the molecule is C1=C(/C2=N\OCCCCCC2)CCCCCCC/1. The molecule has 0 unspecified atom stereocenters. The van der Waals surface area contributed by atoms with Gasteiger partial charge in [-0.3, -0.25) is 0 Å². The third kappa shape index (κ3) is 4.83. The van der Waals surface area contributed by atoms with Gasteiger partial charge in [-0.1, -0.05) is 36.9 Å². The summed E-state index contributed by atoms with van der Waals surface area (Å²) >= 11 is 0. The summed E-state index contributed by atoms with van der Waals surface area (Å²) in [5.74, 6) is 0. The smallest absolute Gasteiger partial charge is 0.117 e. The Bertz CT molecular complexity index is 263. The van der Waals surface area contributed by atoms with Gasteiger partial charge in [-0.2, -0.15) is 0 Å². The van der Waals surface area contributed by atoms with Crippen LogP contribution in [-0.2, 0) is 4.84 Å². The molecule has 0 saturated heterocycles. The topological polar surface area (TPSA) is 21.6 Å². The minimum absolute atomic E-state index is 0.802. The van der Waals surface area contributed by atoms with Crippen LogP contribution in [0.3, 0.4) is 0 Å². The summed E-state index contributed by atoms with van der Waals surface area (Å²) in [4.78, 5) is 5.47. The number of hydrogen-bond donors (Lipinski definition) is 0. The predicted octanol–water partition coefficient (Wildman–Crippen LogP) is 4.99. The lowest BCUT2D eigenvalue weighted by Gasteiger charge is -2.09. The molecule has 1 heterocycles. The molecular weight excluding hydrogens is 222 g/mol. The van der Waals surface area contributed by atoms with Crippen LogP contribution in [0.25, 0.3) is 0 Å². The van der Waals surface area contributed by atoms with Crippen molar-refractivity contribution >= 4 is 5.71 Å². The van der Waals surface area contributed by atoms with E-state index in [2.05, 4.69) is 11.2 Å². The molecule has 0 N–H and O–H groups in total. The van der Waals surface area contributed by atoms with Gasteiger partial charge in [-0.15, -0.1) is 0 Å². The van der Waals surface area contributed by atoms with E-state index < -0.39 is 0 Å². The summed E-state index contributed by atoms with van der Waals surface area (Å²) in [5, 5.41) is 4.42. The second-order valence-corrected chi connectivity index (χ2v) is 5.57. The van der Waals surface area contributed by atoms with E-state index in [0.29, 0.717) is 0 Å². The van der Waals surface area contributed by atoms with Crippen LogP contribution in [0.5, 0.6) is 0 Å². The fourth-order valence-electron chi connectivity index (χ4n) is 2.83. The first-order valence-corrected chi connectivity index (χ1v) is 7.85. The first-order valence-electron chi connectivity index (χ1n) is 7.85. The Morgan fingerprint density at radius 1 is 0.778 bits per heavy atom. The summed E-state index contributed by atoms with van der Waals surface area (Å²) < 4.78 is 0. The average molecular weight is 249 g/mol. The zero-order valence-electron chi connectivity index (χ0n) is 11.6. The van der Waals surface area contributed by atoms with Gasteiger partial charge in [0.2, 0.25) is 0 Å². The Balaban J connectivity index is 1.99. The van der Waals surface area contributed by atoms with E-state index in [1.54, 1.807) is 0 Å². The molecule has 1 aliphatic heterocycles. The molecule has 0 amide bonds. The zero-order valence-corrected chi connectivity index (χ0v) is 11.6. The molecule has 0 aromatic carbocycles. The predicted molar refractivity (Wildman–Crippen MR) is 76.9 cm³/mol. The van der Waals surface area contributed by atoms with Crippen LogP contribution < -0.4 is 0 Å². The highest BCUT2D eigenvalue weighted by atomic mass is 16.6.